The summed E-state index contributed by atoms with van der Waals surface area (Å²) in [4.78, 5) is 0. The quantitative estimate of drug-likeness (QED) is 0.560. The summed E-state index contributed by atoms with van der Waals surface area (Å²) in [5.41, 5.74) is 5.12. The number of aliphatic hydroxyl groups excluding tert-OH is 2. The van der Waals surface area contributed by atoms with Crippen LogP contribution in [0, 0.1) is 0 Å². The first kappa shape index (κ1) is 22.4. The summed E-state index contributed by atoms with van der Waals surface area (Å²) in [5.74, 6) is 2.17. The maximum absolute atomic E-state index is 9.75. The van der Waals surface area contributed by atoms with Crippen molar-refractivity contribution >= 4 is 11.1 Å². The lowest BCUT2D eigenvalue weighted by Gasteiger charge is -2.16. The van der Waals surface area contributed by atoms with Gasteiger partial charge >= 0.3 is 0 Å². The molecule has 3 aromatic rings. The number of phenols is 1. The lowest BCUT2D eigenvalue weighted by molar-refractivity contribution is 0.0535. The summed E-state index contributed by atoms with van der Waals surface area (Å²) in [7, 11) is 0. The molecule has 162 valence electrons. The van der Waals surface area contributed by atoms with E-state index in [1.54, 1.807) is 18.2 Å². The SMILES string of the molecule is CCC1=C(c2ccc(O)cc2)c2ccc(OCC(O)CO)cc2Oc2ccccc21.O. The van der Waals surface area contributed by atoms with Gasteiger partial charge < -0.3 is 30.3 Å². The second kappa shape index (κ2) is 9.66. The van der Waals surface area contributed by atoms with E-state index in [1.807, 2.05) is 42.5 Å². The van der Waals surface area contributed by atoms with Crippen molar-refractivity contribution in [2.45, 2.75) is 19.4 Å². The normalized spacial score (nSPS) is 13.3. The van der Waals surface area contributed by atoms with E-state index in [4.69, 9.17) is 14.6 Å². The minimum atomic E-state index is -0.940. The van der Waals surface area contributed by atoms with Gasteiger partial charge in [-0.3, -0.25) is 0 Å². The molecule has 3 aromatic carbocycles. The van der Waals surface area contributed by atoms with Crippen molar-refractivity contribution in [1.82, 2.24) is 0 Å². The molecule has 0 fully saturated rings. The minimum absolute atomic E-state index is 0. The summed E-state index contributed by atoms with van der Waals surface area (Å²) in [6.07, 6.45) is -0.138. The summed E-state index contributed by atoms with van der Waals surface area (Å²) >= 11 is 0. The van der Waals surface area contributed by atoms with Crippen LogP contribution >= 0.6 is 0 Å². The van der Waals surface area contributed by atoms with Crippen LogP contribution in [-0.2, 0) is 0 Å². The third kappa shape index (κ3) is 4.56. The van der Waals surface area contributed by atoms with Gasteiger partial charge in [0.2, 0.25) is 0 Å². The average molecular weight is 422 g/mol. The average Bonchev–Trinajstić information content (AvgIpc) is 2.91. The van der Waals surface area contributed by atoms with E-state index in [1.165, 1.54) is 0 Å². The molecule has 0 aliphatic carbocycles. The van der Waals surface area contributed by atoms with Crippen LogP contribution in [0.4, 0.5) is 0 Å². The van der Waals surface area contributed by atoms with Crippen molar-refractivity contribution in [2.75, 3.05) is 13.2 Å². The molecule has 0 saturated heterocycles. The molecule has 0 saturated carbocycles. The Bertz CT molecular complexity index is 1070. The van der Waals surface area contributed by atoms with E-state index in [0.717, 1.165) is 40.0 Å². The van der Waals surface area contributed by atoms with E-state index in [2.05, 4.69) is 13.0 Å². The predicted octanol–water partition coefficient (Wildman–Crippen LogP) is 3.77. The van der Waals surface area contributed by atoms with Crippen LogP contribution in [0.25, 0.3) is 11.1 Å². The molecule has 0 bridgehead atoms. The minimum Gasteiger partial charge on any atom is -0.508 e. The maximum atomic E-state index is 9.75. The van der Waals surface area contributed by atoms with Gasteiger partial charge in [0.05, 0.1) is 6.61 Å². The topological polar surface area (TPSA) is 111 Å². The summed E-state index contributed by atoms with van der Waals surface area (Å²) in [6, 6.07) is 20.7. The van der Waals surface area contributed by atoms with E-state index >= 15 is 0 Å². The summed E-state index contributed by atoms with van der Waals surface area (Å²) < 4.78 is 11.9. The number of allylic oxidation sites excluding steroid dienone is 1. The molecule has 6 nitrogen and oxygen atoms in total. The van der Waals surface area contributed by atoms with E-state index in [-0.39, 0.29) is 24.4 Å². The summed E-state index contributed by atoms with van der Waals surface area (Å²) in [5, 5.41) is 28.3. The van der Waals surface area contributed by atoms with Gasteiger partial charge in [-0.1, -0.05) is 37.3 Å². The Labute approximate surface area is 180 Å². The first-order chi connectivity index (χ1) is 14.6. The number of hydrogen-bond acceptors (Lipinski definition) is 5. The molecule has 1 aliphatic heterocycles. The van der Waals surface area contributed by atoms with Gasteiger partial charge in [-0.2, -0.15) is 0 Å². The van der Waals surface area contributed by atoms with Gasteiger partial charge in [0.1, 0.15) is 35.7 Å². The number of rotatable bonds is 6. The van der Waals surface area contributed by atoms with E-state index in [9.17, 15) is 10.2 Å². The van der Waals surface area contributed by atoms with Crippen molar-refractivity contribution in [3.63, 3.8) is 0 Å². The van der Waals surface area contributed by atoms with Gasteiger partial charge in [0.15, 0.2) is 0 Å². The molecule has 5 N–H and O–H groups in total. The fraction of sp³-hybridized carbons (Fsp3) is 0.200. The third-order valence-electron chi connectivity index (χ3n) is 5.12. The van der Waals surface area contributed by atoms with Crippen molar-refractivity contribution in [1.29, 1.82) is 0 Å². The first-order valence-corrected chi connectivity index (χ1v) is 9.96. The number of para-hydroxylation sites is 1. The van der Waals surface area contributed by atoms with Crippen LogP contribution in [0.3, 0.4) is 0 Å². The zero-order valence-corrected chi connectivity index (χ0v) is 17.2. The number of ether oxygens (including phenoxy) is 2. The van der Waals surface area contributed by atoms with Crippen molar-refractivity contribution in [2.24, 2.45) is 0 Å². The van der Waals surface area contributed by atoms with Crippen molar-refractivity contribution in [3.05, 3.63) is 83.4 Å². The Morgan fingerprint density at radius 1 is 0.935 bits per heavy atom. The highest BCUT2D eigenvalue weighted by atomic mass is 16.5. The Hall–Kier alpha value is -3.32. The highest BCUT2D eigenvalue weighted by Crippen LogP contribution is 2.47. The van der Waals surface area contributed by atoms with Crippen molar-refractivity contribution < 1.29 is 30.3 Å². The van der Waals surface area contributed by atoms with E-state index in [0.29, 0.717) is 11.5 Å². The molecule has 0 aromatic heterocycles. The largest absolute Gasteiger partial charge is 0.508 e. The van der Waals surface area contributed by atoms with Crippen molar-refractivity contribution in [3.8, 4) is 23.0 Å². The zero-order chi connectivity index (χ0) is 21.1. The lowest BCUT2D eigenvalue weighted by atomic mass is 9.88. The first-order valence-electron chi connectivity index (χ1n) is 9.96. The monoisotopic (exact) mass is 422 g/mol. The number of phenolic OH excluding ortho intramolecular Hbond substituents is 1. The molecule has 1 aliphatic rings. The van der Waals surface area contributed by atoms with Crippen LogP contribution in [0.1, 0.15) is 30.0 Å². The highest BCUT2D eigenvalue weighted by Gasteiger charge is 2.24. The highest BCUT2D eigenvalue weighted by molar-refractivity contribution is 6.02. The molecule has 1 unspecified atom stereocenters. The standard InChI is InChI=1S/C25H24O5.H2O/c1-2-20-21-5-3-4-6-23(21)30-24-13-19(29-15-18(28)14-26)11-12-22(24)25(20)16-7-9-17(27)10-8-16;/h3-13,18,26-28H,2,14-15H2,1H3;1H2. The molecule has 0 amide bonds. The number of hydrogen-bond donors (Lipinski definition) is 3. The fourth-order valence-corrected chi connectivity index (χ4v) is 3.67. The Kier molecular flexibility index (Phi) is 6.97. The Morgan fingerprint density at radius 3 is 2.39 bits per heavy atom. The van der Waals surface area contributed by atoms with Crippen LogP contribution in [-0.4, -0.2) is 40.1 Å². The number of fused-ring (bicyclic) bond motifs is 2. The van der Waals surface area contributed by atoms with Gasteiger partial charge in [-0.15, -0.1) is 0 Å². The van der Waals surface area contributed by atoms with Crippen LogP contribution in [0.15, 0.2) is 66.7 Å². The van der Waals surface area contributed by atoms with Crippen LogP contribution in [0.2, 0.25) is 0 Å². The van der Waals surface area contributed by atoms with E-state index < -0.39 is 6.10 Å². The van der Waals surface area contributed by atoms with Crippen LogP contribution in [0.5, 0.6) is 23.0 Å². The van der Waals surface area contributed by atoms with Gasteiger partial charge in [-0.05, 0) is 53.5 Å². The molecule has 31 heavy (non-hydrogen) atoms. The third-order valence-corrected chi connectivity index (χ3v) is 5.12. The molecular weight excluding hydrogens is 396 g/mol. The number of aromatic hydroxyl groups is 1. The summed E-state index contributed by atoms with van der Waals surface area (Å²) in [6.45, 7) is 1.75. The molecule has 4 rings (SSSR count). The zero-order valence-electron chi connectivity index (χ0n) is 17.2. The maximum Gasteiger partial charge on any atom is 0.139 e. The number of benzene rings is 3. The van der Waals surface area contributed by atoms with Gasteiger partial charge in [0, 0.05) is 17.2 Å². The molecule has 6 heteroatoms. The fourth-order valence-electron chi connectivity index (χ4n) is 3.67. The second-order valence-corrected chi connectivity index (χ2v) is 7.16. The smallest absolute Gasteiger partial charge is 0.139 e. The molecular formula is C25H26O6. The second-order valence-electron chi connectivity index (χ2n) is 7.16. The molecule has 1 atom stereocenters. The molecule has 0 radical (unpaired) electrons. The predicted molar refractivity (Wildman–Crippen MR) is 119 cm³/mol. The van der Waals surface area contributed by atoms with Gasteiger partial charge in [0.25, 0.3) is 0 Å². The Morgan fingerprint density at radius 2 is 1.68 bits per heavy atom. The lowest BCUT2D eigenvalue weighted by Crippen LogP contribution is -2.21. The Balaban J connectivity index is 0.00000272. The van der Waals surface area contributed by atoms with Gasteiger partial charge in [-0.25, -0.2) is 0 Å². The molecule has 0 spiro atoms. The number of aliphatic hydroxyl groups is 2. The molecule has 1 heterocycles. The van der Waals surface area contributed by atoms with Crippen LogP contribution < -0.4 is 9.47 Å².